The molecule has 3 aliphatic rings. The van der Waals surface area contributed by atoms with E-state index in [-0.39, 0.29) is 0 Å². The van der Waals surface area contributed by atoms with Gasteiger partial charge in [0.15, 0.2) is 0 Å². The Labute approximate surface area is 338 Å². The lowest BCUT2D eigenvalue weighted by molar-refractivity contribution is 0.658. The predicted octanol–water partition coefficient (Wildman–Crippen LogP) is 13.8. The molecule has 12 rings (SSSR count). The summed E-state index contributed by atoms with van der Waals surface area (Å²) in [5, 5.41) is 0. The molecule has 1 spiro atoms. The van der Waals surface area contributed by atoms with Crippen LogP contribution in [0.2, 0.25) is 0 Å². The van der Waals surface area contributed by atoms with Gasteiger partial charge >= 0.3 is 0 Å². The number of anilines is 3. The summed E-state index contributed by atoms with van der Waals surface area (Å²) >= 11 is 0. The zero-order chi connectivity index (χ0) is 38.5. The van der Waals surface area contributed by atoms with Crippen molar-refractivity contribution in [3.63, 3.8) is 0 Å². The van der Waals surface area contributed by atoms with Gasteiger partial charge in [-0.3, -0.25) is 4.21 Å². The number of hydrogen-bond donors (Lipinski definition) is 0. The molecule has 9 aromatic rings. The van der Waals surface area contributed by atoms with Crippen LogP contribution in [0.4, 0.5) is 17.1 Å². The molecular formula is C55H37NOS. The molecular weight excluding hydrogens is 723 g/mol. The van der Waals surface area contributed by atoms with Crippen molar-refractivity contribution in [1.29, 1.82) is 0 Å². The summed E-state index contributed by atoms with van der Waals surface area (Å²) in [6.45, 7) is 0. The van der Waals surface area contributed by atoms with E-state index in [0.29, 0.717) is 0 Å². The maximum atomic E-state index is 17.3. The second kappa shape index (κ2) is 12.0. The number of rotatable bonds is 4. The Hall–Kier alpha value is -7.07. The van der Waals surface area contributed by atoms with Crippen LogP contribution in [-0.4, -0.2) is 4.21 Å². The summed E-state index contributed by atoms with van der Waals surface area (Å²) in [6, 6.07) is 80.1. The Morgan fingerprint density at radius 1 is 0.310 bits per heavy atom. The van der Waals surface area contributed by atoms with Crippen molar-refractivity contribution in [2.45, 2.75) is 25.0 Å². The zero-order valence-electron chi connectivity index (χ0n) is 31.6. The van der Waals surface area contributed by atoms with E-state index >= 15 is 4.21 Å². The predicted molar refractivity (Wildman–Crippen MR) is 237 cm³/mol. The molecule has 0 radical (unpaired) electrons. The van der Waals surface area contributed by atoms with Crippen molar-refractivity contribution in [2.24, 2.45) is 0 Å². The lowest BCUT2D eigenvalue weighted by Gasteiger charge is -2.46. The third-order valence-corrected chi connectivity index (χ3v) is 17.6. The van der Waals surface area contributed by atoms with E-state index in [9.17, 15) is 0 Å². The summed E-state index contributed by atoms with van der Waals surface area (Å²) in [5.74, 6) is 0. The van der Waals surface area contributed by atoms with E-state index in [4.69, 9.17) is 0 Å². The van der Waals surface area contributed by atoms with Gasteiger partial charge in [-0.1, -0.05) is 182 Å². The van der Waals surface area contributed by atoms with Crippen LogP contribution in [0.25, 0.3) is 33.4 Å². The highest BCUT2D eigenvalue weighted by Gasteiger charge is 2.58. The summed E-state index contributed by atoms with van der Waals surface area (Å²) in [4.78, 5) is 6.03. The van der Waals surface area contributed by atoms with Gasteiger partial charge in [-0.2, -0.15) is 0 Å². The highest BCUT2D eigenvalue weighted by molar-refractivity contribution is 8.21. The number of benzene rings is 9. The highest BCUT2D eigenvalue weighted by atomic mass is 32.3. The van der Waals surface area contributed by atoms with E-state index in [2.05, 4.69) is 217 Å². The molecule has 274 valence electrons. The van der Waals surface area contributed by atoms with Gasteiger partial charge in [-0.05, 0) is 87.0 Å². The van der Waals surface area contributed by atoms with Gasteiger partial charge < -0.3 is 4.90 Å². The molecule has 0 atom stereocenters. The molecule has 0 N–H and O–H groups in total. The third-order valence-electron chi connectivity index (χ3n) is 12.9. The maximum absolute atomic E-state index is 17.3. The van der Waals surface area contributed by atoms with Crippen molar-refractivity contribution >= 4 is 26.1 Å². The Balaban J connectivity index is 1.16. The Morgan fingerprint density at radius 3 is 1.24 bits per heavy atom. The highest BCUT2D eigenvalue weighted by Crippen LogP contribution is 2.72. The van der Waals surface area contributed by atoms with Crippen molar-refractivity contribution < 1.29 is 4.21 Å². The van der Waals surface area contributed by atoms with Gasteiger partial charge in [0.2, 0.25) is 0 Å². The topological polar surface area (TPSA) is 20.3 Å². The van der Waals surface area contributed by atoms with E-state index in [1.165, 1.54) is 22.3 Å². The normalized spacial score (nSPS) is 16.1. The van der Waals surface area contributed by atoms with Gasteiger partial charge in [-0.15, -0.1) is 0 Å². The number of para-hydroxylation sites is 3. The molecule has 0 bridgehead atoms. The second-order valence-electron chi connectivity index (χ2n) is 15.5. The van der Waals surface area contributed by atoms with Crippen LogP contribution in [0.5, 0.6) is 0 Å². The Kier molecular flexibility index (Phi) is 6.83. The molecule has 0 amide bonds. The molecule has 0 saturated heterocycles. The van der Waals surface area contributed by atoms with Crippen LogP contribution in [0.3, 0.4) is 0 Å². The first kappa shape index (κ1) is 33.1. The van der Waals surface area contributed by atoms with Gasteiger partial charge in [0, 0.05) is 39.8 Å². The molecule has 0 aromatic heterocycles. The lowest BCUT2D eigenvalue weighted by atomic mass is 9.62. The van der Waals surface area contributed by atoms with Crippen molar-refractivity contribution in [3.8, 4) is 33.4 Å². The summed E-state index contributed by atoms with van der Waals surface area (Å²) in [5.41, 5.74) is 13.9. The standard InChI is InChI=1S/C55H37NOS/c57-58(50-34-16-8-25-41(50)42-26-9-17-35-51(42)58)52-36-18-10-27-44(52)54-43(28-19-37-53(54)58)40-24-7-13-31-47(40)56-48-32-14-11-29-45(48)55(38-20-3-1-4-21-38,39-22-5-2-6-23-39)46-30-12-15-33-49(46)56/h1-37H. The van der Waals surface area contributed by atoms with Crippen LogP contribution >= 0.6 is 0 Å². The minimum Gasteiger partial charge on any atom is -0.309 e. The minimum absolute atomic E-state index is 0.566. The fraction of sp³-hybridized carbons (Fsp3) is 0.0182. The van der Waals surface area contributed by atoms with E-state index < -0.39 is 14.5 Å². The lowest BCUT2D eigenvalue weighted by Crippen LogP contribution is -2.37. The molecule has 0 unspecified atom stereocenters. The first-order valence-electron chi connectivity index (χ1n) is 19.9. The zero-order valence-corrected chi connectivity index (χ0v) is 32.4. The van der Waals surface area contributed by atoms with Crippen LogP contribution in [0, 0.1) is 0 Å². The largest absolute Gasteiger partial charge is 0.309 e. The maximum Gasteiger partial charge on any atom is 0.0742 e. The summed E-state index contributed by atoms with van der Waals surface area (Å²) < 4.78 is 17.3. The van der Waals surface area contributed by atoms with E-state index in [1.54, 1.807) is 0 Å². The van der Waals surface area contributed by atoms with E-state index in [1.807, 2.05) is 12.1 Å². The fourth-order valence-electron chi connectivity index (χ4n) is 10.7. The van der Waals surface area contributed by atoms with Crippen molar-refractivity contribution in [2.75, 3.05) is 4.90 Å². The molecule has 58 heavy (non-hydrogen) atoms. The van der Waals surface area contributed by atoms with Crippen LogP contribution in [-0.2, 0) is 14.5 Å². The molecule has 3 heterocycles. The molecule has 3 heteroatoms. The van der Waals surface area contributed by atoms with Gasteiger partial charge in [-0.25, -0.2) is 0 Å². The van der Waals surface area contributed by atoms with E-state index in [0.717, 1.165) is 70.0 Å². The number of hydrogen-bond acceptors (Lipinski definition) is 2. The quantitative estimate of drug-likeness (QED) is 0.178. The fourth-order valence-corrected chi connectivity index (χ4v) is 15.9. The second-order valence-corrected chi connectivity index (χ2v) is 19.1. The SMILES string of the molecule is O=S12(c3ccccc3-c3ccccc31)c1ccccc1-c1c(-c3ccccc3N3c4ccccc4C(c4ccccc4)(c4ccccc4)c4ccccc43)cccc12. The average molecular weight is 760 g/mol. The first-order chi connectivity index (χ1) is 28.6. The average Bonchev–Trinajstić information content (AvgIpc) is 3.69. The molecule has 3 aliphatic heterocycles. The Bertz CT molecular complexity index is 3060. The molecule has 2 nitrogen and oxygen atoms in total. The summed E-state index contributed by atoms with van der Waals surface area (Å²) in [7, 11) is -4.01. The minimum atomic E-state index is -4.01. The molecule has 0 fully saturated rings. The van der Waals surface area contributed by atoms with Crippen LogP contribution in [0.15, 0.2) is 244 Å². The Morgan fingerprint density at radius 2 is 0.690 bits per heavy atom. The summed E-state index contributed by atoms with van der Waals surface area (Å²) in [6.07, 6.45) is 0. The van der Waals surface area contributed by atoms with Gasteiger partial charge in [0.25, 0.3) is 0 Å². The molecule has 0 aliphatic carbocycles. The molecule has 0 saturated carbocycles. The van der Waals surface area contributed by atoms with Crippen LogP contribution < -0.4 is 4.90 Å². The van der Waals surface area contributed by atoms with Gasteiger partial charge in [0.1, 0.15) is 0 Å². The first-order valence-corrected chi connectivity index (χ1v) is 21.9. The van der Waals surface area contributed by atoms with Crippen molar-refractivity contribution in [1.82, 2.24) is 0 Å². The van der Waals surface area contributed by atoms with Crippen molar-refractivity contribution in [3.05, 3.63) is 247 Å². The monoisotopic (exact) mass is 759 g/mol. The molecule has 9 aromatic carbocycles. The third kappa shape index (κ3) is 3.94. The van der Waals surface area contributed by atoms with Gasteiger partial charge in [0.05, 0.1) is 22.5 Å². The van der Waals surface area contributed by atoms with Crippen LogP contribution in [0.1, 0.15) is 22.3 Å². The smallest absolute Gasteiger partial charge is 0.0742 e. The number of nitrogens with zero attached hydrogens (tertiary/aromatic N) is 1. The number of fused-ring (bicyclic) bond motifs is 12.